The normalized spacial score (nSPS) is 10.3. The number of carbonyl (C=O) groups excluding carboxylic acids is 1. The Kier molecular flexibility index (Phi) is 4.02. The van der Waals surface area contributed by atoms with E-state index in [0.717, 1.165) is 12.3 Å². The van der Waals surface area contributed by atoms with E-state index in [1.54, 1.807) is 18.2 Å². The average Bonchev–Trinajstić information content (AvgIpc) is 2.36. The van der Waals surface area contributed by atoms with E-state index in [1.807, 2.05) is 0 Å². The van der Waals surface area contributed by atoms with E-state index in [2.05, 4.69) is 9.72 Å². The van der Waals surface area contributed by atoms with Crippen molar-refractivity contribution in [3.8, 4) is 11.3 Å². The predicted molar refractivity (Wildman–Crippen MR) is 71.0 cm³/mol. The SMILES string of the molecule is COC(=O)c1cc(F)cnc1-c1cc(Cl)cc(Cl)c1. The summed E-state index contributed by atoms with van der Waals surface area (Å²) in [6.07, 6.45) is 1.01. The van der Waals surface area contributed by atoms with Crippen molar-refractivity contribution < 1.29 is 13.9 Å². The first-order chi connectivity index (χ1) is 9.01. The average molecular weight is 300 g/mol. The molecule has 0 fully saturated rings. The molecule has 0 atom stereocenters. The molecule has 1 aromatic heterocycles. The molecule has 0 saturated heterocycles. The minimum Gasteiger partial charge on any atom is -0.465 e. The Morgan fingerprint density at radius 2 is 1.84 bits per heavy atom. The lowest BCUT2D eigenvalue weighted by Gasteiger charge is -2.08. The lowest BCUT2D eigenvalue weighted by Crippen LogP contribution is -2.06. The van der Waals surface area contributed by atoms with Crippen molar-refractivity contribution >= 4 is 29.2 Å². The van der Waals surface area contributed by atoms with Crippen LogP contribution in [0.15, 0.2) is 30.5 Å². The molecule has 0 spiro atoms. The molecule has 0 aliphatic carbocycles. The van der Waals surface area contributed by atoms with Gasteiger partial charge in [-0.25, -0.2) is 9.18 Å². The molecule has 0 radical (unpaired) electrons. The Morgan fingerprint density at radius 3 is 2.42 bits per heavy atom. The van der Waals surface area contributed by atoms with Gasteiger partial charge in [0.2, 0.25) is 0 Å². The molecule has 2 aromatic rings. The molecule has 0 saturated carbocycles. The van der Waals surface area contributed by atoms with Crippen LogP contribution in [0.2, 0.25) is 10.0 Å². The van der Waals surface area contributed by atoms with Crippen molar-refractivity contribution in [3.63, 3.8) is 0 Å². The van der Waals surface area contributed by atoms with Crippen molar-refractivity contribution in [2.45, 2.75) is 0 Å². The highest BCUT2D eigenvalue weighted by Gasteiger charge is 2.16. The zero-order valence-corrected chi connectivity index (χ0v) is 11.3. The summed E-state index contributed by atoms with van der Waals surface area (Å²) in [6, 6.07) is 5.77. The van der Waals surface area contributed by atoms with Crippen LogP contribution < -0.4 is 0 Å². The number of carbonyl (C=O) groups is 1. The third-order valence-corrected chi connectivity index (χ3v) is 2.83. The number of ether oxygens (including phenoxy) is 1. The van der Waals surface area contributed by atoms with Gasteiger partial charge in [-0.3, -0.25) is 4.98 Å². The number of aromatic nitrogens is 1. The van der Waals surface area contributed by atoms with E-state index in [0.29, 0.717) is 15.6 Å². The van der Waals surface area contributed by atoms with Gasteiger partial charge in [0, 0.05) is 15.6 Å². The Morgan fingerprint density at radius 1 is 1.21 bits per heavy atom. The maximum Gasteiger partial charge on any atom is 0.340 e. The topological polar surface area (TPSA) is 39.2 Å². The predicted octanol–water partition coefficient (Wildman–Crippen LogP) is 3.98. The molecule has 0 bridgehead atoms. The minimum absolute atomic E-state index is 0.0147. The van der Waals surface area contributed by atoms with Gasteiger partial charge in [-0.1, -0.05) is 23.2 Å². The van der Waals surface area contributed by atoms with Gasteiger partial charge < -0.3 is 4.74 Å². The van der Waals surface area contributed by atoms with Crippen LogP contribution in [-0.2, 0) is 4.74 Å². The summed E-state index contributed by atoms with van der Waals surface area (Å²) in [5.74, 6) is -1.31. The van der Waals surface area contributed by atoms with Crippen molar-refractivity contribution in [2.24, 2.45) is 0 Å². The number of halogens is 3. The molecule has 1 aromatic carbocycles. The fourth-order valence-corrected chi connectivity index (χ4v) is 2.15. The maximum absolute atomic E-state index is 13.2. The molecule has 1 heterocycles. The zero-order valence-electron chi connectivity index (χ0n) is 9.78. The van der Waals surface area contributed by atoms with Crippen LogP contribution in [0.4, 0.5) is 4.39 Å². The number of rotatable bonds is 2. The Bertz CT molecular complexity index is 626. The van der Waals surface area contributed by atoms with Gasteiger partial charge in [0.05, 0.1) is 24.6 Å². The third kappa shape index (κ3) is 3.03. The highest BCUT2D eigenvalue weighted by Crippen LogP contribution is 2.28. The summed E-state index contributed by atoms with van der Waals surface area (Å²) in [5.41, 5.74) is 0.788. The molecule has 3 nitrogen and oxygen atoms in total. The summed E-state index contributed by atoms with van der Waals surface area (Å²) >= 11 is 11.8. The molecule has 0 unspecified atom stereocenters. The van der Waals surface area contributed by atoms with Crippen LogP contribution in [0, 0.1) is 5.82 Å². The second kappa shape index (κ2) is 5.55. The number of methoxy groups -OCH3 is 1. The molecule has 98 valence electrons. The lowest BCUT2D eigenvalue weighted by atomic mass is 10.1. The van der Waals surface area contributed by atoms with Crippen LogP contribution in [0.25, 0.3) is 11.3 Å². The number of nitrogens with zero attached hydrogens (tertiary/aromatic N) is 1. The minimum atomic E-state index is -0.682. The smallest absolute Gasteiger partial charge is 0.340 e. The third-order valence-electron chi connectivity index (χ3n) is 2.40. The first-order valence-electron chi connectivity index (χ1n) is 5.21. The number of hydrogen-bond donors (Lipinski definition) is 0. The monoisotopic (exact) mass is 299 g/mol. The van der Waals surface area contributed by atoms with Crippen LogP contribution in [0.1, 0.15) is 10.4 Å². The number of esters is 1. The lowest BCUT2D eigenvalue weighted by molar-refractivity contribution is 0.0600. The van der Waals surface area contributed by atoms with Crippen LogP contribution in [-0.4, -0.2) is 18.1 Å². The first-order valence-corrected chi connectivity index (χ1v) is 5.97. The van der Waals surface area contributed by atoms with Gasteiger partial charge in [0.1, 0.15) is 5.82 Å². The van der Waals surface area contributed by atoms with Crippen molar-refractivity contribution in [1.29, 1.82) is 0 Å². The Balaban J connectivity index is 2.64. The largest absolute Gasteiger partial charge is 0.465 e. The van der Waals surface area contributed by atoms with Gasteiger partial charge in [-0.15, -0.1) is 0 Å². The summed E-state index contributed by atoms with van der Waals surface area (Å²) in [7, 11) is 1.21. The highest BCUT2D eigenvalue weighted by atomic mass is 35.5. The van der Waals surface area contributed by atoms with E-state index in [-0.39, 0.29) is 11.3 Å². The molecule has 0 amide bonds. The second-order valence-corrected chi connectivity index (χ2v) is 4.57. The molecular weight excluding hydrogens is 292 g/mol. The zero-order chi connectivity index (χ0) is 14.0. The fraction of sp³-hybridized carbons (Fsp3) is 0.0769. The summed E-state index contributed by atoms with van der Waals surface area (Å²) in [6.45, 7) is 0. The van der Waals surface area contributed by atoms with Crippen LogP contribution in [0.3, 0.4) is 0 Å². The van der Waals surface area contributed by atoms with E-state index in [4.69, 9.17) is 23.2 Å². The van der Waals surface area contributed by atoms with Gasteiger partial charge in [0.25, 0.3) is 0 Å². The second-order valence-electron chi connectivity index (χ2n) is 3.70. The van der Waals surface area contributed by atoms with Gasteiger partial charge >= 0.3 is 5.97 Å². The highest BCUT2D eigenvalue weighted by molar-refractivity contribution is 6.35. The Hall–Kier alpha value is -1.65. The molecule has 0 aliphatic heterocycles. The van der Waals surface area contributed by atoms with Gasteiger partial charge in [-0.2, -0.15) is 0 Å². The molecule has 19 heavy (non-hydrogen) atoms. The summed E-state index contributed by atoms with van der Waals surface area (Å²) in [4.78, 5) is 15.5. The molecule has 0 N–H and O–H groups in total. The van der Waals surface area contributed by atoms with Crippen LogP contribution >= 0.6 is 23.2 Å². The van der Waals surface area contributed by atoms with Gasteiger partial charge in [-0.05, 0) is 24.3 Å². The van der Waals surface area contributed by atoms with E-state index < -0.39 is 11.8 Å². The van der Waals surface area contributed by atoms with Crippen molar-refractivity contribution in [1.82, 2.24) is 4.98 Å². The van der Waals surface area contributed by atoms with E-state index >= 15 is 0 Å². The summed E-state index contributed by atoms with van der Waals surface area (Å²) in [5, 5.41) is 0.786. The van der Waals surface area contributed by atoms with Crippen molar-refractivity contribution in [2.75, 3.05) is 7.11 Å². The summed E-state index contributed by atoms with van der Waals surface area (Å²) < 4.78 is 17.8. The number of pyridine rings is 1. The van der Waals surface area contributed by atoms with Crippen molar-refractivity contribution in [3.05, 3.63) is 51.9 Å². The van der Waals surface area contributed by atoms with Gasteiger partial charge in [0.15, 0.2) is 0 Å². The number of benzene rings is 1. The van der Waals surface area contributed by atoms with E-state index in [1.165, 1.54) is 7.11 Å². The first kappa shape index (κ1) is 13.8. The van der Waals surface area contributed by atoms with E-state index in [9.17, 15) is 9.18 Å². The molecule has 6 heteroatoms. The fourth-order valence-electron chi connectivity index (χ4n) is 1.63. The molecular formula is C13H8Cl2FNO2. The Labute approximate surface area is 118 Å². The molecule has 0 aliphatic rings. The number of hydrogen-bond acceptors (Lipinski definition) is 3. The standard InChI is InChI=1S/C13H8Cl2FNO2/c1-19-13(18)11-5-10(16)6-17-12(11)7-2-8(14)4-9(15)3-7/h2-6H,1H3. The van der Waals surface area contributed by atoms with Crippen LogP contribution in [0.5, 0.6) is 0 Å². The quantitative estimate of drug-likeness (QED) is 0.787. The molecule has 2 rings (SSSR count). The maximum atomic E-state index is 13.2.